The van der Waals surface area contributed by atoms with Crippen LogP contribution in [0.25, 0.3) is 0 Å². The Labute approximate surface area is 89.9 Å². The molecule has 1 heterocycles. The average molecular weight is 213 g/mol. The third kappa shape index (κ3) is 3.50. The summed E-state index contributed by atoms with van der Waals surface area (Å²) in [5.74, 6) is 11.8. The molecular formula is C9H19N5O. The van der Waals surface area contributed by atoms with Gasteiger partial charge in [0.05, 0.1) is 6.54 Å². The van der Waals surface area contributed by atoms with Crippen molar-refractivity contribution in [2.75, 3.05) is 13.2 Å². The van der Waals surface area contributed by atoms with Crippen LogP contribution in [0.3, 0.4) is 0 Å². The first-order valence-corrected chi connectivity index (χ1v) is 4.81. The molecule has 15 heavy (non-hydrogen) atoms. The van der Waals surface area contributed by atoms with E-state index >= 15 is 0 Å². The lowest BCUT2D eigenvalue weighted by atomic mass is 10.1. The Morgan fingerprint density at radius 1 is 1.67 bits per heavy atom. The fourth-order valence-electron chi connectivity index (χ4n) is 1.24. The maximum absolute atomic E-state index is 5.87. The molecule has 0 radical (unpaired) electrons. The van der Waals surface area contributed by atoms with E-state index in [2.05, 4.69) is 10.3 Å². The monoisotopic (exact) mass is 213 g/mol. The van der Waals surface area contributed by atoms with Gasteiger partial charge in [0, 0.05) is 11.8 Å². The van der Waals surface area contributed by atoms with Crippen LogP contribution in [0.2, 0.25) is 0 Å². The minimum Gasteiger partial charge on any atom is -0.370 e. The molecule has 0 saturated carbocycles. The number of hydrogen-bond donors (Lipinski definition) is 3. The predicted octanol–water partition coefficient (Wildman–Crippen LogP) is -0.306. The summed E-state index contributed by atoms with van der Waals surface area (Å²) in [4.78, 5) is 9.04. The fraction of sp³-hybridized carbons (Fsp3) is 0.667. The molecule has 0 aromatic heterocycles. The maximum Gasteiger partial charge on any atom is 0.141 e. The molecule has 6 nitrogen and oxygen atoms in total. The second kappa shape index (κ2) is 4.61. The average Bonchev–Trinajstić information content (AvgIpc) is 2.17. The summed E-state index contributed by atoms with van der Waals surface area (Å²) in [5, 5.41) is 4.62. The van der Waals surface area contributed by atoms with Crippen molar-refractivity contribution in [1.29, 1.82) is 0 Å². The minimum atomic E-state index is -0.496. The summed E-state index contributed by atoms with van der Waals surface area (Å²) >= 11 is 0. The first-order valence-electron chi connectivity index (χ1n) is 4.81. The summed E-state index contributed by atoms with van der Waals surface area (Å²) in [6.45, 7) is 6.73. The summed E-state index contributed by atoms with van der Waals surface area (Å²) in [7, 11) is 0. The molecule has 0 unspecified atom stereocenters. The molecule has 0 aromatic rings. The lowest BCUT2D eigenvalue weighted by molar-refractivity contribution is -0.0320. The van der Waals surface area contributed by atoms with Crippen LogP contribution >= 0.6 is 0 Å². The van der Waals surface area contributed by atoms with Gasteiger partial charge in [0.15, 0.2) is 0 Å². The highest BCUT2D eigenvalue weighted by Crippen LogP contribution is 2.08. The van der Waals surface area contributed by atoms with Crippen LogP contribution < -0.4 is 17.1 Å². The Morgan fingerprint density at radius 2 is 2.33 bits per heavy atom. The van der Waals surface area contributed by atoms with Gasteiger partial charge >= 0.3 is 0 Å². The molecule has 1 aliphatic rings. The van der Waals surface area contributed by atoms with Crippen LogP contribution in [0.5, 0.6) is 0 Å². The van der Waals surface area contributed by atoms with E-state index in [9.17, 15) is 0 Å². The summed E-state index contributed by atoms with van der Waals surface area (Å²) < 4.78 is 0. The number of rotatable bonds is 3. The zero-order chi connectivity index (χ0) is 11.5. The zero-order valence-corrected chi connectivity index (χ0v) is 9.45. The Hall–Kier alpha value is -1.11. The maximum atomic E-state index is 5.87. The van der Waals surface area contributed by atoms with Gasteiger partial charge in [-0.25, -0.2) is 16.7 Å². The molecule has 6 heteroatoms. The number of nitrogens with one attached hydrogen (secondary N) is 1. The topological polar surface area (TPSA) is 88.9 Å². The number of nitrogens with two attached hydrogens (primary N) is 2. The molecule has 0 amide bonds. The van der Waals surface area contributed by atoms with E-state index in [1.54, 1.807) is 0 Å². The van der Waals surface area contributed by atoms with Crippen molar-refractivity contribution in [3.8, 4) is 0 Å². The largest absolute Gasteiger partial charge is 0.370 e. The number of nitrogens with zero attached hydrogens (tertiary/aromatic N) is 2. The molecule has 5 N–H and O–H groups in total. The zero-order valence-electron chi connectivity index (χ0n) is 9.45. The van der Waals surface area contributed by atoms with Gasteiger partial charge in [-0.1, -0.05) is 0 Å². The highest BCUT2D eigenvalue weighted by molar-refractivity contribution is 5.93. The summed E-state index contributed by atoms with van der Waals surface area (Å²) in [6, 6.07) is 0. The molecule has 86 valence electrons. The van der Waals surface area contributed by atoms with Gasteiger partial charge in [0.2, 0.25) is 0 Å². The van der Waals surface area contributed by atoms with Crippen molar-refractivity contribution in [3.63, 3.8) is 0 Å². The van der Waals surface area contributed by atoms with E-state index < -0.39 is 5.60 Å². The third-order valence-electron chi connectivity index (χ3n) is 2.11. The van der Waals surface area contributed by atoms with E-state index in [0.717, 1.165) is 11.5 Å². The van der Waals surface area contributed by atoms with Gasteiger partial charge in [-0.15, -0.1) is 0 Å². The van der Waals surface area contributed by atoms with Crippen LogP contribution in [0, 0.1) is 0 Å². The standard InChI is InChI=1S/C9H19N5O/c1-7-4-8(13-6-12-7)14(10)5-9(2,3)15-11/h4,12H,5-6,10-11H2,1-3H3. The smallest absolute Gasteiger partial charge is 0.141 e. The van der Waals surface area contributed by atoms with Crippen LogP contribution in [0.4, 0.5) is 0 Å². The van der Waals surface area contributed by atoms with Gasteiger partial charge < -0.3 is 5.32 Å². The Bertz CT molecular complexity index is 284. The van der Waals surface area contributed by atoms with Gasteiger partial charge in [-0.05, 0) is 20.8 Å². The SMILES string of the molecule is CC1=CC(N(N)CC(C)(C)ON)=NCN1. The van der Waals surface area contributed by atoms with Crippen LogP contribution in [-0.4, -0.2) is 29.7 Å². The first kappa shape index (κ1) is 12.0. The Morgan fingerprint density at radius 3 is 2.87 bits per heavy atom. The van der Waals surface area contributed by atoms with Gasteiger partial charge in [-0.2, -0.15) is 0 Å². The molecule has 0 aliphatic carbocycles. The highest BCUT2D eigenvalue weighted by Gasteiger charge is 2.22. The summed E-state index contributed by atoms with van der Waals surface area (Å²) in [5.41, 5.74) is 0.547. The first-order chi connectivity index (χ1) is 6.94. The number of amidine groups is 1. The van der Waals surface area contributed by atoms with Gasteiger partial charge in [0.25, 0.3) is 0 Å². The molecule has 0 saturated heterocycles. The highest BCUT2D eigenvalue weighted by atomic mass is 16.6. The van der Waals surface area contributed by atoms with Gasteiger partial charge in [-0.3, -0.25) is 9.85 Å². The van der Waals surface area contributed by atoms with E-state index in [0.29, 0.717) is 13.2 Å². The second-order valence-corrected chi connectivity index (χ2v) is 4.18. The molecule has 1 rings (SSSR count). The Balaban J connectivity index is 2.61. The lowest BCUT2D eigenvalue weighted by Gasteiger charge is -2.29. The van der Waals surface area contributed by atoms with Crippen LogP contribution in [0.15, 0.2) is 16.8 Å². The van der Waals surface area contributed by atoms with E-state index in [-0.39, 0.29) is 0 Å². The summed E-state index contributed by atoms with van der Waals surface area (Å²) in [6.07, 6.45) is 1.89. The molecule has 0 fully saturated rings. The quantitative estimate of drug-likeness (QED) is 0.442. The molecular weight excluding hydrogens is 194 g/mol. The minimum absolute atomic E-state index is 0.478. The molecule has 0 aromatic carbocycles. The van der Waals surface area contributed by atoms with Crippen molar-refractivity contribution in [3.05, 3.63) is 11.8 Å². The van der Waals surface area contributed by atoms with E-state index in [4.69, 9.17) is 16.6 Å². The number of allylic oxidation sites excluding steroid dienone is 1. The molecule has 1 aliphatic heterocycles. The van der Waals surface area contributed by atoms with Crippen molar-refractivity contribution in [2.45, 2.75) is 26.4 Å². The van der Waals surface area contributed by atoms with Gasteiger partial charge in [0.1, 0.15) is 18.1 Å². The Kier molecular flexibility index (Phi) is 3.67. The van der Waals surface area contributed by atoms with Crippen molar-refractivity contribution in [2.24, 2.45) is 16.7 Å². The molecule has 0 spiro atoms. The number of hydrogen-bond acceptors (Lipinski definition) is 6. The number of aliphatic imine (C=N–C) groups is 1. The normalized spacial score (nSPS) is 16.6. The van der Waals surface area contributed by atoms with Crippen LogP contribution in [0.1, 0.15) is 20.8 Å². The van der Waals surface area contributed by atoms with Crippen molar-refractivity contribution in [1.82, 2.24) is 10.3 Å². The van der Waals surface area contributed by atoms with E-state index in [1.165, 1.54) is 5.01 Å². The van der Waals surface area contributed by atoms with E-state index in [1.807, 2.05) is 26.8 Å². The van der Waals surface area contributed by atoms with Crippen molar-refractivity contribution < 1.29 is 4.84 Å². The third-order valence-corrected chi connectivity index (χ3v) is 2.11. The van der Waals surface area contributed by atoms with Crippen molar-refractivity contribution >= 4 is 5.84 Å². The second-order valence-electron chi connectivity index (χ2n) is 4.18. The molecule has 0 bridgehead atoms. The fourth-order valence-corrected chi connectivity index (χ4v) is 1.24. The lowest BCUT2D eigenvalue weighted by Crippen LogP contribution is -2.49. The number of hydrazine groups is 1. The van der Waals surface area contributed by atoms with Crippen LogP contribution in [-0.2, 0) is 4.84 Å². The predicted molar refractivity (Wildman–Crippen MR) is 59.4 cm³/mol. The molecule has 0 atom stereocenters.